The van der Waals surface area contributed by atoms with Gasteiger partial charge in [0, 0.05) is 5.92 Å². The molecule has 0 N–H and O–H groups in total. The van der Waals surface area contributed by atoms with Gasteiger partial charge in [0.25, 0.3) is 6.73 Å². The molecule has 1 aromatic carbocycles. The molecule has 2 aliphatic rings. The van der Waals surface area contributed by atoms with Crippen molar-refractivity contribution in [2.45, 2.75) is 39.0 Å². The topological polar surface area (TPSA) is 21.5 Å². The molecule has 1 aromatic rings. The molecule has 1 aliphatic heterocycles. The third-order valence-corrected chi connectivity index (χ3v) is 4.43. The van der Waals surface area contributed by atoms with Crippen molar-refractivity contribution in [1.82, 2.24) is 0 Å². The lowest BCUT2D eigenvalue weighted by Crippen LogP contribution is -2.30. The number of rotatable bonds is 3. The number of hydrogen-bond donors (Lipinski definition) is 0. The highest BCUT2D eigenvalue weighted by molar-refractivity contribution is 5.82. The van der Waals surface area contributed by atoms with Crippen molar-refractivity contribution in [1.29, 1.82) is 0 Å². The van der Waals surface area contributed by atoms with Crippen LogP contribution in [-0.4, -0.2) is 31.2 Å². The van der Waals surface area contributed by atoms with Crippen LogP contribution < -0.4 is 9.47 Å². The molecule has 0 saturated heterocycles. The van der Waals surface area contributed by atoms with Gasteiger partial charge in [0.15, 0.2) is 6.21 Å². The van der Waals surface area contributed by atoms with Crippen LogP contribution in [0.1, 0.15) is 43.2 Å². The largest absolute Gasteiger partial charge is 0.497 e. The summed E-state index contributed by atoms with van der Waals surface area (Å²) in [7, 11) is 1.71. The molecule has 3 rings (SSSR count). The number of benzene rings is 1. The first-order valence-corrected chi connectivity index (χ1v) is 7.66. The third-order valence-electron chi connectivity index (χ3n) is 4.43. The Labute approximate surface area is 121 Å². The SMILES string of the molecule is COc1cc(C)c2c(c1)C=[N+](CC1CCCCC1)CO2. The van der Waals surface area contributed by atoms with Gasteiger partial charge in [-0.15, -0.1) is 0 Å². The summed E-state index contributed by atoms with van der Waals surface area (Å²) in [5.74, 6) is 2.74. The molecular weight excluding hydrogens is 250 g/mol. The number of nitrogens with zero attached hydrogens (tertiary/aromatic N) is 1. The zero-order valence-electron chi connectivity index (χ0n) is 12.5. The second-order valence-electron chi connectivity index (χ2n) is 6.04. The first-order valence-electron chi connectivity index (χ1n) is 7.66. The first-order chi connectivity index (χ1) is 9.76. The molecule has 0 unspecified atom stereocenters. The van der Waals surface area contributed by atoms with Gasteiger partial charge in [-0.3, -0.25) is 0 Å². The number of methoxy groups -OCH3 is 1. The lowest BCUT2D eigenvalue weighted by molar-refractivity contribution is -0.563. The Balaban J connectivity index is 1.79. The van der Waals surface area contributed by atoms with Crippen LogP contribution in [0.2, 0.25) is 0 Å². The first kappa shape index (κ1) is 13.5. The zero-order chi connectivity index (χ0) is 13.9. The molecule has 1 saturated carbocycles. The van der Waals surface area contributed by atoms with E-state index < -0.39 is 0 Å². The van der Waals surface area contributed by atoms with Gasteiger partial charge in [-0.05, 0) is 37.5 Å². The molecule has 0 radical (unpaired) electrons. The van der Waals surface area contributed by atoms with Crippen molar-refractivity contribution in [3.8, 4) is 11.5 Å². The average molecular weight is 274 g/mol. The van der Waals surface area contributed by atoms with E-state index >= 15 is 0 Å². The van der Waals surface area contributed by atoms with Gasteiger partial charge in [-0.25, -0.2) is 4.58 Å². The van der Waals surface area contributed by atoms with Crippen molar-refractivity contribution >= 4 is 6.21 Å². The monoisotopic (exact) mass is 274 g/mol. The van der Waals surface area contributed by atoms with Crippen LogP contribution in [0.3, 0.4) is 0 Å². The molecule has 20 heavy (non-hydrogen) atoms. The number of ether oxygens (including phenoxy) is 2. The molecule has 3 nitrogen and oxygen atoms in total. The molecule has 0 bridgehead atoms. The fourth-order valence-electron chi connectivity index (χ4n) is 3.37. The maximum atomic E-state index is 5.95. The van der Waals surface area contributed by atoms with E-state index in [-0.39, 0.29) is 0 Å². The molecule has 1 heterocycles. The van der Waals surface area contributed by atoms with Crippen molar-refractivity contribution < 1.29 is 14.0 Å². The lowest BCUT2D eigenvalue weighted by Gasteiger charge is -2.22. The standard InChI is InChI=1S/C17H24NO2/c1-13-8-16(19-2)9-15-11-18(12-20-17(13)15)10-14-6-4-3-5-7-14/h8-9,11,14H,3-7,10,12H2,1-2H3/q+1. The van der Waals surface area contributed by atoms with Gasteiger partial charge in [0.1, 0.15) is 18.0 Å². The molecular formula is C17H24NO2+. The summed E-state index contributed by atoms with van der Waals surface area (Å²) in [6.45, 7) is 3.87. The minimum atomic E-state index is 0.677. The van der Waals surface area contributed by atoms with Crippen molar-refractivity contribution in [3.63, 3.8) is 0 Å². The Morgan fingerprint density at radius 1 is 1.25 bits per heavy atom. The summed E-state index contributed by atoms with van der Waals surface area (Å²) in [5.41, 5.74) is 2.29. The van der Waals surface area contributed by atoms with Gasteiger partial charge >= 0.3 is 0 Å². The number of hydrogen-bond acceptors (Lipinski definition) is 2. The normalized spacial score (nSPS) is 19.0. The lowest BCUT2D eigenvalue weighted by atomic mass is 9.89. The Kier molecular flexibility index (Phi) is 3.95. The van der Waals surface area contributed by atoms with Crippen LogP contribution in [0.4, 0.5) is 0 Å². The summed E-state index contributed by atoms with van der Waals surface area (Å²) in [4.78, 5) is 0. The molecule has 0 atom stereocenters. The van der Waals surface area contributed by atoms with Crippen LogP contribution in [0.5, 0.6) is 11.5 Å². The summed E-state index contributed by atoms with van der Waals surface area (Å²) in [6.07, 6.45) is 9.17. The van der Waals surface area contributed by atoms with Gasteiger partial charge in [-0.1, -0.05) is 19.3 Å². The predicted octanol–water partition coefficient (Wildman–Crippen LogP) is 3.37. The molecule has 0 amide bonds. The number of aryl methyl sites for hydroxylation is 1. The molecule has 0 aromatic heterocycles. The van der Waals surface area contributed by atoms with E-state index in [1.807, 2.05) is 6.07 Å². The molecule has 3 heteroatoms. The van der Waals surface area contributed by atoms with E-state index in [1.54, 1.807) is 7.11 Å². The van der Waals surface area contributed by atoms with Crippen molar-refractivity contribution in [2.24, 2.45) is 5.92 Å². The summed E-state index contributed by atoms with van der Waals surface area (Å²) in [5, 5.41) is 0. The summed E-state index contributed by atoms with van der Waals surface area (Å²) in [6, 6.07) is 4.10. The fraction of sp³-hybridized carbons (Fsp3) is 0.588. The van der Waals surface area contributed by atoms with E-state index in [0.717, 1.165) is 35.1 Å². The predicted molar refractivity (Wildman–Crippen MR) is 80.1 cm³/mol. The molecule has 1 aliphatic carbocycles. The van der Waals surface area contributed by atoms with E-state index in [9.17, 15) is 0 Å². The summed E-state index contributed by atoms with van der Waals surface area (Å²) >= 11 is 0. The minimum Gasteiger partial charge on any atom is -0.497 e. The van der Waals surface area contributed by atoms with Crippen molar-refractivity contribution in [3.05, 3.63) is 23.3 Å². The Morgan fingerprint density at radius 2 is 2.05 bits per heavy atom. The molecule has 1 fully saturated rings. The maximum absolute atomic E-state index is 5.95. The van der Waals surface area contributed by atoms with Crippen LogP contribution in [0, 0.1) is 12.8 Å². The molecule has 108 valence electrons. The highest BCUT2D eigenvalue weighted by Crippen LogP contribution is 2.30. The van der Waals surface area contributed by atoms with Gasteiger partial charge in [0.05, 0.1) is 12.7 Å². The Morgan fingerprint density at radius 3 is 2.80 bits per heavy atom. The highest BCUT2D eigenvalue weighted by atomic mass is 16.5. The number of fused-ring (bicyclic) bond motifs is 1. The van der Waals surface area contributed by atoms with E-state index in [1.165, 1.54) is 32.1 Å². The summed E-state index contributed by atoms with van der Waals surface area (Å²) < 4.78 is 13.6. The quantitative estimate of drug-likeness (QED) is 0.788. The Hall–Kier alpha value is -1.51. The zero-order valence-corrected chi connectivity index (χ0v) is 12.5. The maximum Gasteiger partial charge on any atom is 0.287 e. The van der Waals surface area contributed by atoms with Crippen LogP contribution in [0.15, 0.2) is 12.1 Å². The average Bonchev–Trinajstić information content (AvgIpc) is 2.48. The van der Waals surface area contributed by atoms with Gasteiger partial charge in [-0.2, -0.15) is 0 Å². The van der Waals surface area contributed by atoms with Crippen molar-refractivity contribution in [2.75, 3.05) is 20.4 Å². The molecule has 0 spiro atoms. The third kappa shape index (κ3) is 2.82. The van der Waals surface area contributed by atoms with E-state index in [0.29, 0.717) is 6.73 Å². The fourth-order valence-corrected chi connectivity index (χ4v) is 3.37. The van der Waals surface area contributed by atoms with E-state index in [2.05, 4.69) is 23.8 Å². The second kappa shape index (κ2) is 5.86. The highest BCUT2D eigenvalue weighted by Gasteiger charge is 2.24. The van der Waals surface area contributed by atoms with Crippen LogP contribution in [-0.2, 0) is 0 Å². The second-order valence-corrected chi connectivity index (χ2v) is 6.04. The van der Waals surface area contributed by atoms with Gasteiger partial charge < -0.3 is 9.47 Å². The Bertz CT molecular complexity index is 516. The van der Waals surface area contributed by atoms with E-state index in [4.69, 9.17) is 9.47 Å². The smallest absolute Gasteiger partial charge is 0.287 e. The minimum absolute atomic E-state index is 0.677. The van der Waals surface area contributed by atoms with Crippen LogP contribution in [0.25, 0.3) is 0 Å². The van der Waals surface area contributed by atoms with Crippen LogP contribution >= 0.6 is 0 Å². The van der Waals surface area contributed by atoms with Gasteiger partial charge in [0.2, 0.25) is 0 Å².